The van der Waals surface area contributed by atoms with Crippen molar-refractivity contribution < 1.29 is 24.1 Å². The first-order valence-electron chi connectivity index (χ1n) is 4.67. The highest BCUT2D eigenvalue weighted by Crippen LogP contribution is 2.29. The molecule has 1 unspecified atom stereocenters. The van der Waals surface area contributed by atoms with Gasteiger partial charge in [0.1, 0.15) is 12.2 Å². The van der Waals surface area contributed by atoms with Crippen molar-refractivity contribution in [2.24, 2.45) is 0 Å². The lowest BCUT2D eigenvalue weighted by molar-refractivity contribution is -0.166. The maximum absolute atomic E-state index is 10.9. The first kappa shape index (κ1) is 9.89. The van der Waals surface area contributed by atoms with Crippen LogP contribution in [0.15, 0.2) is 0 Å². The molecule has 2 heterocycles. The van der Waals surface area contributed by atoms with E-state index >= 15 is 0 Å². The van der Waals surface area contributed by atoms with Crippen LogP contribution >= 0.6 is 0 Å². The molecule has 2 saturated heterocycles. The molecule has 0 aromatic heterocycles. The van der Waals surface area contributed by atoms with Crippen LogP contribution in [-0.2, 0) is 19.0 Å². The Hall–Kier alpha value is -0.650. The predicted molar refractivity (Wildman–Crippen MR) is 45.4 cm³/mol. The molecule has 0 amide bonds. The van der Waals surface area contributed by atoms with Crippen molar-refractivity contribution in [1.29, 1.82) is 0 Å². The largest absolute Gasteiger partial charge is 0.457 e. The third kappa shape index (κ3) is 1.75. The SMILES string of the molecule is CC1(C)OCC([C@H]2OC(=O)C[C@H]2O)O1. The summed E-state index contributed by atoms with van der Waals surface area (Å²) in [7, 11) is 0. The third-order valence-electron chi connectivity index (χ3n) is 2.42. The summed E-state index contributed by atoms with van der Waals surface area (Å²) in [5, 5.41) is 9.51. The smallest absolute Gasteiger partial charge is 0.309 e. The Kier molecular flexibility index (Phi) is 2.25. The summed E-state index contributed by atoms with van der Waals surface area (Å²) >= 11 is 0. The van der Waals surface area contributed by atoms with E-state index in [0.29, 0.717) is 6.61 Å². The first-order valence-corrected chi connectivity index (χ1v) is 4.67. The zero-order valence-corrected chi connectivity index (χ0v) is 8.23. The third-order valence-corrected chi connectivity index (χ3v) is 2.42. The fraction of sp³-hybridized carbons (Fsp3) is 0.889. The lowest BCUT2D eigenvalue weighted by Crippen LogP contribution is -2.37. The van der Waals surface area contributed by atoms with Crippen LogP contribution in [0.2, 0.25) is 0 Å². The molecule has 0 aromatic carbocycles. The van der Waals surface area contributed by atoms with Crippen molar-refractivity contribution >= 4 is 5.97 Å². The van der Waals surface area contributed by atoms with Gasteiger partial charge in [0, 0.05) is 0 Å². The molecule has 1 N–H and O–H groups in total. The fourth-order valence-electron chi connectivity index (χ4n) is 1.77. The Bertz CT molecular complexity index is 250. The van der Waals surface area contributed by atoms with E-state index in [4.69, 9.17) is 14.2 Å². The van der Waals surface area contributed by atoms with Gasteiger partial charge in [0.05, 0.1) is 13.0 Å². The number of carbonyl (C=O) groups is 1. The minimum absolute atomic E-state index is 0.0466. The van der Waals surface area contributed by atoms with Crippen LogP contribution in [0, 0.1) is 0 Å². The average Bonchev–Trinajstić information content (AvgIpc) is 2.55. The van der Waals surface area contributed by atoms with Gasteiger partial charge in [0.2, 0.25) is 0 Å². The molecule has 0 aromatic rings. The Labute approximate surface area is 81.9 Å². The molecule has 2 rings (SSSR count). The Balaban J connectivity index is 2.00. The second-order valence-corrected chi connectivity index (χ2v) is 4.09. The molecule has 2 aliphatic rings. The van der Waals surface area contributed by atoms with E-state index in [1.807, 2.05) is 0 Å². The van der Waals surface area contributed by atoms with Gasteiger partial charge in [-0.15, -0.1) is 0 Å². The van der Waals surface area contributed by atoms with E-state index in [-0.39, 0.29) is 18.5 Å². The van der Waals surface area contributed by atoms with Crippen molar-refractivity contribution in [3.8, 4) is 0 Å². The van der Waals surface area contributed by atoms with E-state index in [9.17, 15) is 9.90 Å². The van der Waals surface area contributed by atoms with E-state index in [0.717, 1.165) is 0 Å². The molecular weight excluding hydrogens is 188 g/mol. The molecule has 0 saturated carbocycles. The van der Waals surface area contributed by atoms with Crippen molar-refractivity contribution in [2.45, 2.75) is 44.4 Å². The lowest BCUT2D eigenvalue weighted by Gasteiger charge is -2.21. The molecule has 2 fully saturated rings. The van der Waals surface area contributed by atoms with Crippen LogP contribution in [0.25, 0.3) is 0 Å². The summed E-state index contributed by atoms with van der Waals surface area (Å²) in [5.74, 6) is -1.03. The second-order valence-electron chi connectivity index (χ2n) is 4.09. The normalized spacial score (nSPS) is 41.4. The van der Waals surface area contributed by atoms with Crippen LogP contribution in [0.3, 0.4) is 0 Å². The molecule has 14 heavy (non-hydrogen) atoms. The zero-order valence-electron chi connectivity index (χ0n) is 8.23. The summed E-state index contributed by atoms with van der Waals surface area (Å²) in [6, 6.07) is 0. The topological polar surface area (TPSA) is 65.0 Å². The van der Waals surface area contributed by atoms with E-state index in [1.54, 1.807) is 13.8 Å². The highest BCUT2D eigenvalue weighted by molar-refractivity contribution is 5.72. The van der Waals surface area contributed by atoms with E-state index < -0.39 is 18.0 Å². The molecule has 5 heteroatoms. The van der Waals surface area contributed by atoms with Gasteiger partial charge in [-0.3, -0.25) is 4.79 Å². The molecule has 2 aliphatic heterocycles. The van der Waals surface area contributed by atoms with Gasteiger partial charge in [0.25, 0.3) is 0 Å². The predicted octanol–water partition coefficient (Wildman–Crippen LogP) is -0.186. The maximum Gasteiger partial charge on any atom is 0.309 e. The van der Waals surface area contributed by atoms with Gasteiger partial charge in [0.15, 0.2) is 11.9 Å². The van der Waals surface area contributed by atoms with E-state index in [2.05, 4.69) is 0 Å². The number of aliphatic hydroxyl groups excluding tert-OH is 1. The maximum atomic E-state index is 10.9. The Morgan fingerprint density at radius 3 is 2.64 bits per heavy atom. The monoisotopic (exact) mass is 202 g/mol. The minimum atomic E-state index is -0.773. The number of ether oxygens (including phenoxy) is 3. The number of rotatable bonds is 1. The number of hydrogen-bond acceptors (Lipinski definition) is 5. The average molecular weight is 202 g/mol. The van der Waals surface area contributed by atoms with Crippen molar-refractivity contribution in [2.75, 3.05) is 6.61 Å². The van der Waals surface area contributed by atoms with Crippen molar-refractivity contribution in [3.05, 3.63) is 0 Å². The lowest BCUT2D eigenvalue weighted by atomic mass is 10.1. The highest BCUT2D eigenvalue weighted by Gasteiger charge is 2.45. The number of cyclic esters (lactones) is 1. The van der Waals surface area contributed by atoms with Crippen molar-refractivity contribution in [1.82, 2.24) is 0 Å². The molecule has 5 nitrogen and oxygen atoms in total. The van der Waals surface area contributed by atoms with Gasteiger partial charge in [-0.1, -0.05) is 0 Å². The fourth-order valence-corrected chi connectivity index (χ4v) is 1.77. The van der Waals surface area contributed by atoms with Crippen LogP contribution in [-0.4, -0.2) is 41.8 Å². The van der Waals surface area contributed by atoms with Gasteiger partial charge in [-0.2, -0.15) is 0 Å². The molecule has 0 bridgehead atoms. The van der Waals surface area contributed by atoms with Crippen LogP contribution in [0.1, 0.15) is 20.3 Å². The first-order chi connectivity index (χ1) is 6.48. The molecule has 0 radical (unpaired) electrons. The van der Waals surface area contributed by atoms with Gasteiger partial charge >= 0.3 is 5.97 Å². The summed E-state index contributed by atoms with van der Waals surface area (Å²) in [6.07, 6.45) is -1.66. The molecule has 0 aliphatic carbocycles. The standard InChI is InChI=1S/C9H14O5/c1-9(2)12-4-6(14-9)8-5(10)3-7(11)13-8/h5-6,8,10H,3-4H2,1-2H3/t5-,6?,8+/m1/s1. The van der Waals surface area contributed by atoms with Crippen LogP contribution in [0.4, 0.5) is 0 Å². The summed E-state index contributed by atoms with van der Waals surface area (Å²) in [6.45, 7) is 3.92. The highest BCUT2D eigenvalue weighted by atomic mass is 16.8. The Morgan fingerprint density at radius 1 is 1.50 bits per heavy atom. The number of hydrogen-bond donors (Lipinski definition) is 1. The van der Waals surface area contributed by atoms with E-state index in [1.165, 1.54) is 0 Å². The van der Waals surface area contributed by atoms with Crippen LogP contribution in [0.5, 0.6) is 0 Å². The molecule has 80 valence electrons. The molecule has 3 atom stereocenters. The summed E-state index contributed by atoms with van der Waals surface area (Å²) in [5.41, 5.74) is 0. The number of carbonyl (C=O) groups excluding carboxylic acids is 1. The Morgan fingerprint density at radius 2 is 2.21 bits per heavy atom. The summed E-state index contributed by atoms with van der Waals surface area (Å²) < 4.78 is 15.8. The quantitative estimate of drug-likeness (QED) is 0.597. The zero-order chi connectivity index (χ0) is 10.3. The number of esters is 1. The molecule has 0 spiro atoms. The summed E-state index contributed by atoms with van der Waals surface area (Å²) in [4.78, 5) is 10.9. The van der Waals surface area contributed by atoms with Gasteiger partial charge < -0.3 is 19.3 Å². The van der Waals surface area contributed by atoms with Gasteiger partial charge in [-0.25, -0.2) is 0 Å². The minimum Gasteiger partial charge on any atom is -0.457 e. The van der Waals surface area contributed by atoms with Gasteiger partial charge in [-0.05, 0) is 13.8 Å². The van der Waals surface area contributed by atoms with Crippen molar-refractivity contribution in [3.63, 3.8) is 0 Å². The molecular formula is C9H14O5. The van der Waals surface area contributed by atoms with Crippen LogP contribution < -0.4 is 0 Å². The second kappa shape index (κ2) is 3.18. The number of aliphatic hydroxyl groups is 1.